The molecule has 1 unspecified atom stereocenters. The molecule has 0 aromatic rings. The number of allylic oxidation sites excluding steroid dienone is 4. The standard InChI is InChI=1S/C40H79NO2/c1-4-6-8-10-12-14-16-18-20-22-24-26-28-30-32-34-36-42-39-40(38-41-3)43-37-35-33-31-29-27-25-23-21-19-17-15-13-11-9-7-5-2/h18-21,40-41H,4-17,22-39H2,1-3H3/b20-18-,21-19-. The second-order valence-corrected chi connectivity index (χ2v) is 13.0. The minimum atomic E-state index is 0.183. The van der Waals surface area contributed by atoms with E-state index in [4.69, 9.17) is 9.47 Å². The molecule has 0 aliphatic heterocycles. The lowest BCUT2D eigenvalue weighted by Crippen LogP contribution is -2.31. The number of ether oxygens (including phenoxy) is 2. The second-order valence-electron chi connectivity index (χ2n) is 13.0. The predicted octanol–water partition coefficient (Wildman–Crippen LogP) is 12.7. The molecule has 0 radical (unpaired) electrons. The monoisotopic (exact) mass is 606 g/mol. The Morgan fingerprint density at radius 1 is 0.442 bits per heavy atom. The normalized spacial score (nSPS) is 12.7. The highest BCUT2D eigenvalue weighted by molar-refractivity contribution is 4.82. The van der Waals surface area contributed by atoms with Gasteiger partial charge < -0.3 is 14.8 Å². The van der Waals surface area contributed by atoms with Gasteiger partial charge in [0.15, 0.2) is 0 Å². The molecule has 0 saturated carbocycles. The van der Waals surface area contributed by atoms with Crippen LogP contribution in [0.5, 0.6) is 0 Å². The minimum absolute atomic E-state index is 0.183. The first kappa shape index (κ1) is 42.4. The van der Waals surface area contributed by atoms with Gasteiger partial charge in [-0.2, -0.15) is 0 Å². The largest absolute Gasteiger partial charge is 0.379 e. The molecule has 43 heavy (non-hydrogen) atoms. The molecule has 3 heteroatoms. The highest BCUT2D eigenvalue weighted by Crippen LogP contribution is 2.12. The van der Waals surface area contributed by atoms with E-state index in [1.807, 2.05) is 7.05 Å². The van der Waals surface area contributed by atoms with Crippen molar-refractivity contribution in [3.8, 4) is 0 Å². The summed E-state index contributed by atoms with van der Waals surface area (Å²) in [7, 11) is 2.01. The van der Waals surface area contributed by atoms with Crippen molar-refractivity contribution in [1.29, 1.82) is 0 Å². The fourth-order valence-corrected chi connectivity index (χ4v) is 5.66. The molecule has 0 aromatic carbocycles. The van der Waals surface area contributed by atoms with Gasteiger partial charge in [0, 0.05) is 19.8 Å². The Hall–Kier alpha value is -0.640. The van der Waals surface area contributed by atoms with Crippen LogP contribution in [0.1, 0.15) is 194 Å². The lowest BCUT2D eigenvalue weighted by Gasteiger charge is -2.18. The van der Waals surface area contributed by atoms with E-state index in [1.54, 1.807) is 0 Å². The van der Waals surface area contributed by atoms with Gasteiger partial charge in [-0.3, -0.25) is 0 Å². The topological polar surface area (TPSA) is 30.5 Å². The molecule has 0 heterocycles. The van der Waals surface area contributed by atoms with Crippen LogP contribution in [0.4, 0.5) is 0 Å². The van der Waals surface area contributed by atoms with Crippen LogP contribution >= 0.6 is 0 Å². The highest BCUT2D eigenvalue weighted by Gasteiger charge is 2.08. The molecule has 0 spiro atoms. The van der Waals surface area contributed by atoms with Crippen molar-refractivity contribution in [2.45, 2.75) is 200 Å². The smallest absolute Gasteiger partial charge is 0.0932 e. The summed E-state index contributed by atoms with van der Waals surface area (Å²) >= 11 is 0. The van der Waals surface area contributed by atoms with Crippen LogP contribution in [0.3, 0.4) is 0 Å². The van der Waals surface area contributed by atoms with E-state index in [2.05, 4.69) is 43.5 Å². The molecule has 0 bridgehead atoms. The average Bonchev–Trinajstić information content (AvgIpc) is 3.01. The molecule has 0 saturated heterocycles. The molecule has 0 aromatic heterocycles. The van der Waals surface area contributed by atoms with Crippen LogP contribution < -0.4 is 5.32 Å². The maximum absolute atomic E-state index is 6.13. The molecule has 0 aliphatic rings. The van der Waals surface area contributed by atoms with Crippen molar-refractivity contribution in [2.75, 3.05) is 33.4 Å². The Kier molecular flexibility index (Phi) is 38.8. The van der Waals surface area contributed by atoms with Gasteiger partial charge in [0.25, 0.3) is 0 Å². The molecule has 1 atom stereocenters. The highest BCUT2D eigenvalue weighted by atomic mass is 16.5. The van der Waals surface area contributed by atoms with Gasteiger partial charge in [-0.15, -0.1) is 0 Å². The van der Waals surface area contributed by atoms with Crippen molar-refractivity contribution in [1.82, 2.24) is 5.32 Å². The van der Waals surface area contributed by atoms with E-state index in [0.29, 0.717) is 0 Å². The first-order valence-electron chi connectivity index (χ1n) is 19.5. The van der Waals surface area contributed by atoms with Crippen LogP contribution in [-0.4, -0.2) is 39.5 Å². The Labute approximate surface area is 271 Å². The van der Waals surface area contributed by atoms with Gasteiger partial charge in [0.1, 0.15) is 0 Å². The molecule has 0 rings (SSSR count). The fourth-order valence-electron chi connectivity index (χ4n) is 5.66. The summed E-state index contributed by atoms with van der Waals surface area (Å²) in [5.74, 6) is 0. The molecule has 3 nitrogen and oxygen atoms in total. The van der Waals surface area contributed by atoms with Gasteiger partial charge in [-0.1, -0.05) is 154 Å². The van der Waals surface area contributed by atoms with E-state index in [0.717, 1.165) is 26.4 Å². The number of hydrogen-bond donors (Lipinski definition) is 1. The molecule has 1 N–H and O–H groups in total. The molecule has 256 valence electrons. The lowest BCUT2D eigenvalue weighted by atomic mass is 10.1. The first-order valence-corrected chi connectivity index (χ1v) is 19.5. The molecule has 0 fully saturated rings. The summed E-state index contributed by atoms with van der Waals surface area (Å²) in [6.45, 7) is 7.91. The fraction of sp³-hybridized carbons (Fsp3) is 0.900. The number of nitrogens with one attached hydrogen (secondary N) is 1. The maximum atomic E-state index is 6.13. The molecular weight excluding hydrogens is 526 g/mol. The van der Waals surface area contributed by atoms with Crippen LogP contribution in [0.15, 0.2) is 24.3 Å². The average molecular weight is 606 g/mol. The molecular formula is C40H79NO2. The van der Waals surface area contributed by atoms with Crippen LogP contribution in [0.2, 0.25) is 0 Å². The Morgan fingerprint density at radius 3 is 1.19 bits per heavy atom. The summed E-state index contributed by atoms with van der Waals surface area (Å²) in [5.41, 5.74) is 0. The van der Waals surface area contributed by atoms with Crippen LogP contribution in [-0.2, 0) is 9.47 Å². The summed E-state index contributed by atoms with van der Waals surface area (Å²) in [6, 6.07) is 0. The van der Waals surface area contributed by atoms with E-state index in [1.165, 1.54) is 180 Å². The minimum Gasteiger partial charge on any atom is -0.379 e. The summed E-state index contributed by atoms with van der Waals surface area (Å²) < 4.78 is 12.1. The van der Waals surface area contributed by atoms with Crippen molar-refractivity contribution >= 4 is 0 Å². The SMILES string of the molecule is CCCCCCCC/C=C\CCCCCCCCOCC(CNC)OCCCCCCCC/C=C\CCCCCCCC. The van der Waals surface area contributed by atoms with Gasteiger partial charge in [-0.05, 0) is 71.3 Å². The predicted molar refractivity (Wildman–Crippen MR) is 193 cm³/mol. The van der Waals surface area contributed by atoms with Crippen LogP contribution in [0, 0.1) is 0 Å². The second kappa shape index (κ2) is 39.4. The van der Waals surface area contributed by atoms with Crippen molar-refractivity contribution < 1.29 is 9.47 Å². The maximum Gasteiger partial charge on any atom is 0.0932 e. The van der Waals surface area contributed by atoms with Crippen LogP contribution in [0.25, 0.3) is 0 Å². The number of rotatable bonds is 37. The lowest BCUT2D eigenvalue weighted by molar-refractivity contribution is -0.0167. The van der Waals surface area contributed by atoms with Gasteiger partial charge in [-0.25, -0.2) is 0 Å². The summed E-state index contributed by atoms with van der Waals surface area (Å²) in [5, 5.41) is 3.27. The van der Waals surface area contributed by atoms with E-state index >= 15 is 0 Å². The zero-order valence-electron chi connectivity index (χ0n) is 29.8. The Bertz CT molecular complexity index is 547. The first-order chi connectivity index (χ1) is 21.3. The third kappa shape index (κ3) is 37.5. The summed E-state index contributed by atoms with van der Waals surface area (Å²) in [4.78, 5) is 0. The Balaban J connectivity index is 3.42. The van der Waals surface area contributed by atoms with E-state index in [9.17, 15) is 0 Å². The van der Waals surface area contributed by atoms with E-state index < -0.39 is 0 Å². The van der Waals surface area contributed by atoms with Gasteiger partial charge in [0.2, 0.25) is 0 Å². The molecule has 0 amide bonds. The van der Waals surface area contributed by atoms with E-state index in [-0.39, 0.29) is 6.10 Å². The van der Waals surface area contributed by atoms with Gasteiger partial charge in [0.05, 0.1) is 12.7 Å². The zero-order valence-corrected chi connectivity index (χ0v) is 29.8. The number of hydrogen-bond acceptors (Lipinski definition) is 3. The van der Waals surface area contributed by atoms with Crippen molar-refractivity contribution in [2.24, 2.45) is 0 Å². The Morgan fingerprint density at radius 2 is 0.791 bits per heavy atom. The zero-order chi connectivity index (χ0) is 31.2. The summed E-state index contributed by atoms with van der Waals surface area (Å²) in [6.07, 6.45) is 47.5. The van der Waals surface area contributed by atoms with Crippen molar-refractivity contribution in [3.63, 3.8) is 0 Å². The molecule has 0 aliphatic carbocycles. The number of likely N-dealkylation sites (N-methyl/N-ethyl adjacent to an activating group) is 1. The van der Waals surface area contributed by atoms with Gasteiger partial charge >= 0.3 is 0 Å². The van der Waals surface area contributed by atoms with Crippen molar-refractivity contribution in [3.05, 3.63) is 24.3 Å². The quantitative estimate of drug-likeness (QED) is 0.0564. The third-order valence-electron chi connectivity index (χ3n) is 8.55. The third-order valence-corrected chi connectivity index (χ3v) is 8.55. The number of unbranched alkanes of at least 4 members (excludes halogenated alkanes) is 24.